The fourth-order valence-electron chi connectivity index (χ4n) is 2.14. The predicted octanol–water partition coefficient (Wildman–Crippen LogP) is 3.76. The van der Waals surface area contributed by atoms with Crippen molar-refractivity contribution in [3.63, 3.8) is 0 Å². The quantitative estimate of drug-likeness (QED) is 0.600. The molecule has 0 bridgehead atoms. The normalized spacial score (nSPS) is 12.2. The number of benzene rings is 1. The molecule has 1 atom stereocenters. The Labute approximate surface area is 116 Å². The van der Waals surface area contributed by atoms with Crippen molar-refractivity contribution in [3.8, 4) is 0 Å². The molecule has 1 aromatic rings. The van der Waals surface area contributed by atoms with Crippen LogP contribution in [0.5, 0.6) is 0 Å². The molecule has 19 heavy (non-hydrogen) atoms. The first kappa shape index (κ1) is 15.5. The van der Waals surface area contributed by atoms with E-state index in [0.717, 1.165) is 24.1 Å². The highest BCUT2D eigenvalue weighted by Crippen LogP contribution is 2.21. The lowest BCUT2D eigenvalue weighted by Gasteiger charge is -2.25. The van der Waals surface area contributed by atoms with E-state index in [1.54, 1.807) is 0 Å². The molecule has 0 radical (unpaired) electrons. The molecule has 1 unspecified atom stereocenters. The van der Waals surface area contributed by atoms with Gasteiger partial charge in [-0.1, -0.05) is 38.3 Å². The molecule has 0 aliphatic heterocycles. The Morgan fingerprint density at radius 2 is 2.05 bits per heavy atom. The van der Waals surface area contributed by atoms with Gasteiger partial charge in [-0.2, -0.15) is 0 Å². The minimum absolute atomic E-state index is 0.0715. The zero-order valence-electron chi connectivity index (χ0n) is 12.4. The highest BCUT2D eigenvalue weighted by molar-refractivity contribution is 5.76. The van der Waals surface area contributed by atoms with Crippen LogP contribution in [0.1, 0.15) is 57.6 Å². The Morgan fingerprint density at radius 1 is 1.32 bits per heavy atom. The summed E-state index contributed by atoms with van der Waals surface area (Å²) in [6, 6.07) is 7.82. The molecule has 3 heteroatoms. The molecular formula is C16H26N2O. The van der Waals surface area contributed by atoms with Gasteiger partial charge in [0.1, 0.15) is 0 Å². The Kier molecular flexibility index (Phi) is 6.40. The Bertz CT molecular complexity index is 403. The first-order valence-electron chi connectivity index (χ1n) is 7.17. The predicted molar refractivity (Wildman–Crippen MR) is 80.8 cm³/mol. The van der Waals surface area contributed by atoms with Gasteiger partial charge in [0.25, 0.3) is 0 Å². The average Bonchev–Trinajstić information content (AvgIpc) is 2.41. The van der Waals surface area contributed by atoms with E-state index in [4.69, 9.17) is 5.73 Å². The van der Waals surface area contributed by atoms with E-state index in [1.165, 1.54) is 12.8 Å². The van der Waals surface area contributed by atoms with Crippen LogP contribution in [-0.4, -0.2) is 17.9 Å². The minimum Gasteiger partial charge on any atom is -0.399 e. The number of hydrogen-bond donors (Lipinski definition) is 1. The first-order valence-corrected chi connectivity index (χ1v) is 7.17. The molecule has 0 spiro atoms. The number of nitrogen functional groups attached to an aromatic ring is 1. The van der Waals surface area contributed by atoms with Crippen LogP contribution in [0, 0.1) is 0 Å². The fourth-order valence-corrected chi connectivity index (χ4v) is 2.14. The second kappa shape index (κ2) is 7.82. The van der Waals surface area contributed by atoms with Crippen LogP contribution in [0.4, 0.5) is 5.69 Å². The third-order valence-electron chi connectivity index (χ3n) is 3.61. The second-order valence-electron chi connectivity index (χ2n) is 5.16. The molecule has 1 aromatic carbocycles. The maximum absolute atomic E-state index is 12.1. The number of nitrogens with two attached hydrogens (primary N) is 1. The van der Waals surface area contributed by atoms with Gasteiger partial charge in [0, 0.05) is 19.2 Å². The van der Waals surface area contributed by atoms with Gasteiger partial charge in [-0.15, -0.1) is 0 Å². The number of carbonyl (C=O) groups is 1. The van der Waals surface area contributed by atoms with E-state index in [1.807, 2.05) is 43.1 Å². The fraction of sp³-hybridized carbons (Fsp3) is 0.562. The van der Waals surface area contributed by atoms with Gasteiger partial charge in [-0.3, -0.25) is 4.79 Å². The van der Waals surface area contributed by atoms with Crippen molar-refractivity contribution >= 4 is 11.6 Å². The maximum atomic E-state index is 12.1. The zero-order chi connectivity index (χ0) is 14.3. The SMILES string of the molecule is CCCCCCC(=O)N(C)C(C)c1cccc(N)c1. The molecule has 0 fully saturated rings. The highest BCUT2D eigenvalue weighted by atomic mass is 16.2. The summed E-state index contributed by atoms with van der Waals surface area (Å²) in [5.41, 5.74) is 7.61. The van der Waals surface area contributed by atoms with E-state index in [0.29, 0.717) is 6.42 Å². The molecule has 1 rings (SSSR count). The van der Waals surface area contributed by atoms with Crippen molar-refractivity contribution in [2.75, 3.05) is 12.8 Å². The van der Waals surface area contributed by atoms with E-state index >= 15 is 0 Å². The molecule has 106 valence electrons. The van der Waals surface area contributed by atoms with Gasteiger partial charge >= 0.3 is 0 Å². The number of amides is 1. The molecule has 0 aliphatic carbocycles. The van der Waals surface area contributed by atoms with Crippen LogP contribution >= 0.6 is 0 Å². The summed E-state index contributed by atoms with van der Waals surface area (Å²) in [7, 11) is 1.87. The molecule has 0 heterocycles. The van der Waals surface area contributed by atoms with Gasteiger partial charge in [0.05, 0.1) is 6.04 Å². The highest BCUT2D eigenvalue weighted by Gasteiger charge is 2.16. The monoisotopic (exact) mass is 262 g/mol. The van der Waals surface area contributed by atoms with Crippen molar-refractivity contribution in [2.45, 2.75) is 52.0 Å². The summed E-state index contributed by atoms with van der Waals surface area (Å²) >= 11 is 0. The second-order valence-corrected chi connectivity index (χ2v) is 5.16. The standard InChI is InChI=1S/C16H26N2O/c1-4-5-6-7-11-16(19)18(3)13(2)14-9-8-10-15(17)12-14/h8-10,12-13H,4-7,11,17H2,1-3H3. The van der Waals surface area contributed by atoms with E-state index < -0.39 is 0 Å². The largest absolute Gasteiger partial charge is 0.399 e. The summed E-state index contributed by atoms with van der Waals surface area (Å²) in [5.74, 6) is 0.214. The lowest BCUT2D eigenvalue weighted by atomic mass is 10.1. The van der Waals surface area contributed by atoms with Crippen molar-refractivity contribution < 1.29 is 4.79 Å². The Hall–Kier alpha value is -1.51. The molecule has 1 amide bonds. The van der Waals surface area contributed by atoms with Crippen LogP contribution in [0.15, 0.2) is 24.3 Å². The summed E-state index contributed by atoms with van der Waals surface area (Å²) in [6.07, 6.45) is 5.18. The van der Waals surface area contributed by atoms with Gasteiger partial charge in [-0.25, -0.2) is 0 Å². The van der Waals surface area contributed by atoms with E-state index in [2.05, 4.69) is 6.92 Å². The van der Waals surface area contributed by atoms with Crippen molar-refractivity contribution in [1.82, 2.24) is 4.90 Å². The number of unbranched alkanes of at least 4 members (excludes halogenated alkanes) is 3. The summed E-state index contributed by atoms with van der Waals surface area (Å²) in [6.45, 7) is 4.22. The number of hydrogen-bond acceptors (Lipinski definition) is 2. The summed E-state index contributed by atoms with van der Waals surface area (Å²) in [5, 5.41) is 0. The van der Waals surface area contributed by atoms with Crippen molar-refractivity contribution in [2.24, 2.45) is 0 Å². The zero-order valence-corrected chi connectivity index (χ0v) is 12.4. The van der Waals surface area contributed by atoms with E-state index in [9.17, 15) is 4.79 Å². The van der Waals surface area contributed by atoms with Gasteiger partial charge in [-0.05, 0) is 31.0 Å². The molecule has 0 aliphatic rings. The number of carbonyl (C=O) groups excluding carboxylic acids is 1. The Balaban J connectivity index is 2.51. The molecule has 0 aromatic heterocycles. The third kappa shape index (κ3) is 4.93. The van der Waals surface area contributed by atoms with Crippen LogP contribution < -0.4 is 5.73 Å². The van der Waals surface area contributed by atoms with Crippen molar-refractivity contribution in [1.29, 1.82) is 0 Å². The van der Waals surface area contributed by atoms with Crippen LogP contribution in [-0.2, 0) is 4.79 Å². The summed E-state index contributed by atoms with van der Waals surface area (Å²) < 4.78 is 0. The molecule has 0 saturated heterocycles. The summed E-state index contributed by atoms with van der Waals surface area (Å²) in [4.78, 5) is 13.9. The third-order valence-corrected chi connectivity index (χ3v) is 3.61. The van der Waals surface area contributed by atoms with Gasteiger partial charge in [0.2, 0.25) is 5.91 Å². The lowest BCUT2D eigenvalue weighted by Crippen LogP contribution is -2.29. The van der Waals surface area contributed by atoms with Crippen LogP contribution in [0.2, 0.25) is 0 Å². The van der Waals surface area contributed by atoms with Crippen molar-refractivity contribution in [3.05, 3.63) is 29.8 Å². The van der Waals surface area contributed by atoms with Gasteiger partial charge < -0.3 is 10.6 Å². The smallest absolute Gasteiger partial charge is 0.222 e. The minimum atomic E-state index is 0.0715. The van der Waals surface area contributed by atoms with E-state index in [-0.39, 0.29) is 11.9 Å². The van der Waals surface area contributed by atoms with Gasteiger partial charge in [0.15, 0.2) is 0 Å². The molecule has 0 saturated carbocycles. The lowest BCUT2D eigenvalue weighted by molar-refractivity contribution is -0.131. The first-order chi connectivity index (χ1) is 9.06. The number of anilines is 1. The molecule has 3 nitrogen and oxygen atoms in total. The Morgan fingerprint density at radius 3 is 2.68 bits per heavy atom. The molecule has 2 N–H and O–H groups in total. The topological polar surface area (TPSA) is 46.3 Å². The molecular weight excluding hydrogens is 236 g/mol. The van der Waals surface area contributed by atoms with Crippen LogP contribution in [0.3, 0.4) is 0 Å². The number of rotatable bonds is 7. The number of nitrogens with zero attached hydrogens (tertiary/aromatic N) is 1. The average molecular weight is 262 g/mol. The van der Waals surface area contributed by atoms with Crippen LogP contribution in [0.25, 0.3) is 0 Å². The maximum Gasteiger partial charge on any atom is 0.222 e.